The highest BCUT2D eigenvalue weighted by Gasteiger charge is 2.43. The van der Waals surface area contributed by atoms with Crippen LogP contribution in [0.15, 0.2) is 41.0 Å². The number of carbonyl (C=O) groups is 2. The molecule has 0 N–H and O–H groups in total. The van der Waals surface area contributed by atoms with Crippen molar-refractivity contribution in [2.24, 2.45) is 0 Å². The van der Waals surface area contributed by atoms with Gasteiger partial charge in [-0.1, -0.05) is 6.07 Å². The predicted molar refractivity (Wildman–Crippen MR) is 134 cm³/mol. The second-order valence-corrected chi connectivity index (χ2v) is 10.9. The van der Waals surface area contributed by atoms with Gasteiger partial charge in [-0.2, -0.15) is 8.42 Å². The molecule has 1 spiro atoms. The van der Waals surface area contributed by atoms with Crippen molar-refractivity contribution < 1.29 is 31.6 Å². The maximum Gasteiger partial charge on any atom is 0.412 e. The molecule has 5 rings (SSSR count). The van der Waals surface area contributed by atoms with E-state index < -0.39 is 21.9 Å². The fourth-order valence-electron chi connectivity index (χ4n) is 5.03. The third-order valence-corrected chi connectivity index (χ3v) is 8.40. The maximum absolute atomic E-state index is 13.2. The zero-order valence-corrected chi connectivity index (χ0v) is 21.5. The van der Waals surface area contributed by atoms with Crippen molar-refractivity contribution in [3.05, 3.63) is 47.5 Å². The zero-order chi connectivity index (χ0) is 26.2. The first kappa shape index (κ1) is 25.2. The number of hydrogen-bond acceptors (Lipinski definition) is 10. The minimum Gasteiger partial charge on any atom is -0.486 e. The SMILES string of the molecule is CCN(c1ccc2c(c1)C(=O)CC1(CCN(CCc3ccc4nonc4c3)CC1)O2)S(=O)(=O)OC(C)=O. The van der Waals surface area contributed by atoms with Crippen LogP contribution in [0.25, 0.3) is 11.0 Å². The Bertz CT molecular complexity index is 1440. The number of carbonyl (C=O) groups excluding carboxylic acids is 2. The van der Waals surface area contributed by atoms with E-state index >= 15 is 0 Å². The molecule has 0 atom stereocenters. The van der Waals surface area contributed by atoms with E-state index in [9.17, 15) is 18.0 Å². The largest absolute Gasteiger partial charge is 0.486 e. The Balaban J connectivity index is 1.24. The number of anilines is 1. The third-order valence-electron chi connectivity index (χ3n) is 6.94. The van der Waals surface area contributed by atoms with E-state index in [4.69, 9.17) is 9.37 Å². The highest BCUT2D eigenvalue weighted by Crippen LogP contribution is 2.41. The van der Waals surface area contributed by atoms with Gasteiger partial charge in [-0.15, -0.1) is 0 Å². The van der Waals surface area contributed by atoms with Crippen LogP contribution in [0.4, 0.5) is 5.69 Å². The molecule has 1 fully saturated rings. The van der Waals surface area contributed by atoms with Crippen molar-refractivity contribution in [3.8, 4) is 5.75 Å². The van der Waals surface area contributed by atoms with Crippen LogP contribution in [0.1, 0.15) is 49.0 Å². The van der Waals surface area contributed by atoms with Gasteiger partial charge in [-0.3, -0.25) is 9.59 Å². The Labute approximate surface area is 214 Å². The van der Waals surface area contributed by atoms with Crippen molar-refractivity contribution in [2.75, 3.05) is 30.5 Å². The maximum atomic E-state index is 13.2. The molecule has 1 aromatic heterocycles. The molecule has 11 nitrogen and oxygen atoms in total. The van der Waals surface area contributed by atoms with E-state index in [0.29, 0.717) is 24.2 Å². The molecule has 1 saturated heterocycles. The Morgan fingerprint density at radius 3 is 2.62 bits per heavy atom. The molecule has 3 aromatic rings. The molecule has 37 heavy (non-hydrogen) atoms. The van der Waals surface area contributed by atoms with Crippen LogP contribution in [-0.2, 0) is 25.7 Å². The van der Waals surface area contributed by atoms with Crippen LogP contribution in [-0.4, -0.2) is 67.2 Å². The number of likely N-dealkylation sites (tertiary alicyclic amines) is 1. The van der Waals surface area contributed by atoms with E-state index in [2.05, 4.69) is 19.4 Å². The van der Waals surface area contributed by atoms with Crippen LogP contribution in [0.3, 0.4) is 0 Å². The summed E-state index contributed by atoms with van der Waals surface area (Å²) < 4.78 is 41.5. The Morgan fingerprint density at radius 2 is 1.89 bits per heavy atom. The van der Waals surface area contributed by atoms with Crippen LogP contribution < -0.4 is 9.04 Å². The lowest BCUT2D eigenvalue weighted by Crippen LogP contribution is -2.51. The topological polar surface area (TPSA) is 132 Å². The number of hydrogen-bond donors (Lipinski definition) is 0. The molecule has 0 saturated carbocycles. The molecule has 12 heteroatoms. The monoisotopic (exact) mass is 528 g/mol. The molecule has 3 heterocycles. The van der Waals surface area contributed by atoms with E-state index in [1.807, 2.05) is 18.2 Å². The Hall–Kier alpha value is -3.51. The Morgan fingerprint density at radius 1 is 1.14 bits per heavy atom. The minimum atomic E-state index is -4.32. The third kappa shape index (κ3) is 5.16. The minimum absolute atomic E-state index is 0.0343. The second-order valence-electron chi connectivity index (χ2n) is 9.44. The molecule has 2 aliphatic rings. The van der Waals surface area contributed by atoms with Gasteiger partial charge >= 0.3 is 16.3 Å². The van der Waals surface area contributed by atoms with Gasteiger partial charge in [0, 0.05) is 45.9 Å². The van der Waals surface area contributed by atoms with E-state index in [0.717, 1.165) is 53.9 Å². The fourth-order valence-corrected chi connectivity index (χ4v) is 6.11. The van der Waals surface area contributed by atoms with Crippen molar-refractivity contribution in [2.45, 2.75) is 45.1 Å². The number of benzene rings is 2. The molecule has 0 bridgehead atoms. The molecule has 0 radical (unpaired) electrons. The highest BCUT2D eigenvalue weighted by molar-refractivity contribution is 7.88. The summed E-state index contributed by atoms with van der Waals surface area (Å²) in [5, 5.41) is 7.73. The lowest BCUT2D eigenvalue weighted by atomic mass is 9.82. The number of Topliss-reactive ketones (excluding diaryl/α,β-unsaturated/α-hetero) is 1. The van der Waals surface area contributed by atoms with Gasteiger partial charge in [0.1, 0.15) is 22.4 Å². The first-order chi connectivity index (χ1) is 17.7. The van der Waals surface area contributed by atoms with Crippen LogP contribution in [0, 0.1) is 0 Å². The number of rotatable bonds is 7. The van der Waals surface area contributed by atoms with E-state index in [-0.39, 0.29) is 24.4 Å². The number of ketones is 1. The summed E-state index contributed by atoms with van der Waals surface area (Å²) in [5.74, 6) is -0.576. The van der Waals surface area contributed by atoms with Gasteiger partial charge in [0.2, 0.25) is 0 Å². The lowest BCUT2D eigenvalue weighted by Gasteiger charge is -2.44. The molecule has 0 unspecified atom stereocenters. The first-order valence-electron chi connectivity index (χ1n) is 12.2. The van der Waals surface area contributed by atoms with E-state index in [1.165, 1.54) is 6.07 Å². The fraction of sp³-hybridized carbons (Fsp3) is 0.440. The van der Waals surface area contributed by atoms with Crippen molar-refractivity contribution in [1.82, 2.24) is 15.2 Å². The first-order valence-corrected chi connectivity index (χ1v) is 13.6. The summed E-state index contributed by atoms with van der Waals surface area (Å²) in [6.45, 7) is 5.16. The smallest absolute Gasteiger partial charge is 0.412 e. The number of ether oxygens (including phenoxy) is 1. The number of aromatic nitrogens is 2. The second kappa shape index (κ2) is 9.75. The molecular formula is C25H28N4O7S. The van der Waals surface area contributed by atoms with Gasteiger partial charge in [-0.25, -0.2) is 8.93 Å². The Kier molecular flexibility index (Phi) is 6.63. The van der Waals surface area contributed by atoms with Crippen LogP contribution >= 0.6 is 0 Å². The standard InChI is InChI=1S/C25H28N4O7S/c1-3-29(37(32,33)35-17(2)30)19-5-7-24-20(15-19)23(31)16-25(34-24)9-12-28(13-10-25)11-8-18-4-6-21-22(14-18)27-36-26-21/h4-7,14-15H,3,8-13,16H2,1-2H3. The summed E-state index contributed by atoms with van der Waals surface area (Å²) in [6, 6.07) is 10.6. The van der Waals surface area contributed by atoms with Crippen LogP contribution in [0.5, 0.6) is 5.75 Å². The number of nitrogens with zero attached hydrogens (tertiary/aromatic N) is 4. The lowest BCUT2D eigenvalue weighted by molar-refractivity contribution is -0.131. The summed E-state index contributed by atoms with van der Waals surface area (Å²) in [4.78, 5) is 26.8. The van der Waals surface area contributed by atoms with Gasteiger partial charge < -0.3 is 13.8 Å². The van der Waals surface area contributed by atoms with Gasteiger partial charge in [0.15, 0.2) is 5.78 Å². The zero-order valence-electron chi connectivity index (χ0n) is 20.7. The van der Waals surface area contributed by atoms with Crippen LogP contribution in [0.2, 0.25) is 0 Å². The van der Waals surface area contributed by atoms with Crippen molar-refractivity contribution in [1.29, 1.82) is 0 Å². The molecule has 0 amide bonds. The molecular weight excluding hydrogens is 500 g/mol. The van der Waals surface area contributed by atoms with Gasteiger partial charge in [-0.05, 0) is 59.6 Å². The number of fused-ring (bicyclic) bond motifs is 2. The van der Waals surface area contributed by atoms with Gasteiger partial charge in [0.25, 0.3) is 0 Å². The average molecular weight is 529 g/mol. The summed E-state index contributed by atoms with van der Waals surface area (Å²) in [7, 11) is -4.32. The molecule has 0 aliphatic carbocycles. The normalized spacial score (nSPS) is 17.4. The summed E-state index contributed by atoms with van der Waals surface area (Å²) >= 11 is 0. The summed E-state index contributed by atoms with van der Waals surface area (Å²) in [6.07, 6.45) is 2.53. The van der Waals surface area contributed by atoms with Gasteiger partial charge in [0.05, 0.1) is 17.7 Å². The van der Waals surface area contributed by atoms with E-state index in [1.54, 1.807) is 19.1 Å². The van der Waals surface area contributed by atoms with Crippen molar-refractivity contribution >= 4 is 38.8 Å². The quantitative estimate of drug-likeness (QED) is 0.451. The molecule has 2 aromatic carbocycles. The summed E-state index contributed by atoms with van der Waals surface area (Å²) in [5.41, 5.74) is 2.65. The highest BCUT2D eigenvalue weighted by atomic mass is 32.2. The average Bonchev–Trinajstić information content (AvgIpc) is 3.31. The van der Waals surface area contributed by atoms with Crippen molar-refractivity contribution in [3.63, 3.8) is 0 Å². The predicted octanol–water partition coefficient (Wildman–Crippen LogP) is 2.90. The molecule has 2 aliphatic heterocycles. The number of piperidine rings is 1. The molecule has 196 valence electrons.